The van der Waals surface area contributed by atoms with Gasteiger partial charge in [-0.2, -0.15) is 0 Å². The van der Waals surface area contributed by atoms with Gasteiger partial charge in [0.2, 0.25) is 0 Å². The molecule has 0 spiro atoms. The fourth-order valence-corrected chi connectivity index (χ4v) is 2.59. The van der Waals surface area contributed by atoms with Crippen molar-refractivity contribution >= 4 is 5.69 Å². The normalized spacial score (nSPS) is 18.9. The number of anilines is 1. The van der Waals surface area contributed by atoms with Crippen molar-refractivity contribution in [1.82, 2.24) is 19.9 Å². The molecule has 0 bridgehead atoms. The van der Waals surface area contributed by atoms with Gasteiger partial charge in [-0.15, -0.1) is 0 Å². The van der Waals surface area contributed by atoms with E-state index in [0.29, 0.717) is 6.04 Å². The van der Waals surface area contributed by atoms with Crippen LogP contribution in [0.2, 0.25) is 0 Å². The summed E-state index contributed by atoms with van der Waals surface area (Å²) >= 11 is 0. The number of nitrogens with one attached hydrogen (secondary N) is 2. The van der Waals surface area contributed by atoms with E-state index in [2.05, 4.69) is 26.7 Å². The molecule has 0 saturated carbocycles. The van der Waals surface area contributed by atoms with Gasteiger partial charge in [-0.3, -0.25) is 4.57 Å². The van der Waals surface area contributed by atoms with Crippen LogP contribution in [0.5, 0.6) is 0 Å². The Labute approximate surface area is 119 Å². The Morgan fingerprint density at radius 2 is 2.30 bits per heavy atom. The first-order valence-electron chi connectivity index (χ1n) is 7.26. The lowest BCUT2D eigenvalue weighted by Gasteiger charge is -2.24. The first-order valence-corrected chi connectivity index (χ1v) is 7.26. The highest BCUT2D eigenvalue weighted by atomic mass is 15.1. The third kappa shape index (κ3) is 2.99. The van der Waals surface area contributed by atoms with Crippen LogP contribution in [0.25, 0.3) is 5.82 Å². The highest BCUT2D eigenvalue weighted by Gasteiger charge is 2.11. The summed E-state index contributed by atoms with van der Waals surface area (Å²) < 4.78 is 1.98. The molecule has 5 nitrogen and oxygen atoms in total. The Bertz CT molecular complexity index is 540. The second-order valence-corrected chi connectivity index (χ2v) is 5.28. The summed E-state index contributed by atoms with van der Waals surface area (Å²) in [6, 6.07) is 4.68. The lowest BCUT2D eigenvalue weighted by Crippen LogP contribution is -2.39. The summed E-state index contributed by atoms with van der Waals surface area (Å²) in [6.45, 7) is 4.08. The Balaban J connectivity index is 1.60. The molecule has 3 rings (SSSR count). The molecule has 1 saturated heterocycles. The average molecular weight is 271 g/mol. The Morgan fingerprint density at radius 1 is 1.35 bits per heavy atom. The van der Waals surface area contributed by atoms with Crippen LogP contribution in [0.1, 0.15) is 25.1 Å². The van der Waals surface area contributed by atoms with Crippen LogP contribution < -0.4 is 10.6 Å². The lowest BCUT2D eigenvalue weighted by atomic mass is 10.1. The van der Waals surface area contributed by atoms with Crippen molar-refractivity contribution in [2.45, 2.75) is 32.2 Å². The van der Waals surface area contributed by atoms with Crippen molar-refractivity contribution in [3.8, 4) is 5.82 Å². The van der Waals surface area contributed by atoms with E-state index in [0.717, 1.165) is 30.4 Å². The monoisotopic (exact) mass is 271 g/mol. The number of hydrogen-bond donors (Lipinski definition) is 2. The summed E-state index contributed by atoms with van der Waals surface area (Å²) in [4.78, 5) is 8.70. The molecular formula is C15H21N5. The van der Waals surface area contributed by atoms with Crippen LogP contribution in [0, 0.1) is 6.92 Å². The molecule has 1 fully saturated rings. The highest BCUT2D eigenvalue weighted by Crippen LogP contribution is 2.13. The van der Waals surface area contributed by atoms with Crippen LogP contribution in [-0.2, 0) is 0 Å². The molecule has 1 unspecified atom stereocenters. The van der Waals surface area contributed by atoms with Crippen molar-refractivity contribution < 1.29 is 0 Å². The van der Waals surface area contributed by atoms with Crippen LogP contribution in [0.3, 0.4) is 0 Å². The number of pyridine rings is 1. The molecule has 0 aliphatic carbocycles. The predicted molar refractivity (Wildman–Crippen MR) is 80.2 cm³/mol. The molecule has 5 heteroatoms. The topological polar surface area (TPSA) is 54.8 Å². The van der Waals surface area contributed by atoms with Gasteiger partial charge in [-0.25, -0.2) is 9.97 Å². The maximum atomic E-state index is 4.49. The molecule has 1 aliphatic rings. The molecular weight excluding hydrogens is 250 g/mol. The first-order chi connectivity index (χ1) is 9.83. The fraction of sp³-hybridized carbons (Fsp3) is 0.467. The number of aromatic nitrogens is 3. The quantitative estimate of drug-likeness (QED) is 0.894. The van der Waals surface area contributed by atoms with E-state index < -0.39 is 0 Å². The largest absolute Gasteiger partial charge is 0.382 e. The Morgan fingerprint density at radius 3 is 2.95 bits per heavy atom. The number of aryl methyl sites for hydroxylation is 1. The van der Waals surface area contributed by atoms with Crippen molar-refractivity contribution in [1.29, 1.82) is 0 Å². The van der Waals surface area contributed by atoms with Gasteiger partial charge in [0, 0.05) is 25.0 Å². The molecule has 2 N–H and O–H groups in total. The second-order valence-electron chi connectivity index (χ2n) is 5.28. The van der Waals surface area contributed by atoms with E-state index in [1.807, 2.05) is 30.0 Å². The van der Waals surface area contributed by atoms with Gasteiger partial charge in [-0.1, -0.05) is 6.42 Å². The zero-order valence-corrected chi connectivity index (χ0v) is 11.8. The lowest BCUT2D eigenvalue weighted by molar-refractivity contribution is 0.414. The van der Waals surface area contributed by atoms with E-state index in [-0.39, 0.29) is 0 Å². The van der Waals surface area contributed by atoms with E-state index in [9.17, 15) is 0 Å². The highest BCUT2D eigenvalue weighted by molar-refractivity contribution is 5.44. The van der Waals surface area contributed by atoms with E-state index in [1.165, 1.54) is 19.3 Å². The van der Waals surface area contributed by atoms with Gasteiger partial charge in [0.25, 0.3) is 0 Å². The minimum atomic E-state index is 0.583. The third-order valence-electron chi connectivity index (χ3n) is 3.79. The summed E-state index contributed by atoms with van der Waals surface area (Å²) in [6.07, 6.45) is 9.49. The van der Waals surface area contributed by atoms with E-state index in [1.54, 1.807) is 6.20 Å². The van der Waals surface area contributed by atoms with Gasteiger partial charge >= 0.3 is 0 Å². The van der Waals surface area contributed by atoms with E-state index >= 15 is 0 Å². The molecule has 0 aromatic carbocycles. The second kappa shape index (κ2) is 6.05. The van der Waals surface area contributed by atoms with Gasteiger partial charge in [0.1, 0.15) is 11.6 Å². The zero-order chi connectivity index (χ0) is 13.8. The number of hydrogen-bond acceptors (Lipinski definition) is 4. The molecule has 3 heterocycles. The molecule has 2 aromatic rings. The molecule has 1 aliphatic heterocycles. The summed E-state index contributed by atoms with van der Waals surface area (Å²) in [5, 5.41) is 6.99. The SMILES string of the molecule is Cc1nccn1-c1ccc(NCC2CCCCN2)cn1. The van der Waals surface area contributed by atoms with Crippen molar-refractivity contribution in [3.05, 3.63) is 36.5 Å². The van der Waals surface area contributed by atoms with Crippen LogP contribution >= 0.6 is 0 Å². The predicted octanol–water partition coefficient (Wildman–Crippen LogP) is 2.13. The van der Waals surface area contributed by atoms with Gasteiger partial charge in [0.15, 0.2) is 0 Å². The maximum absolute atomic E-state index is 4.49. The standard InChI is InChI=1S/C15H21N5/c1-12-16-8-9-20(12)15-6-5-14(11-19-15)18-10-13-4-2-3-7-17-13/h5-6,8-9,11,13,17-18H,2-4,7,10H2,1H3. The summed E-state index contributed by atoms with van der Waals surface area (Å²) in [7, 11) is 0. The Hall–Kier alpha value is -1.88. The molecule has 106 valence electrons. The average Bonchev–Trinajstić information content (AvgIpc) is 2.93. The number of rotatable bonds is 4. The Kier molecular flexibility index (Phi) is 3.97. The molecule has 1 atom stereocenters. The third-order valence-corrected chi connectivity index (χ3v) is 3.79. The summed E-state index contributed by atoms with van der Waals surface area (Å²) in [5.74, 6) is 1.85. The summed E-state index contributed by atoms with van der Waals surface area (Å²) in [5.41, 5.74) is 1.07. The number of nitrogens with zero attached hydrogens (tertiary/aromatic N) is 3. The number of piperidine rings is 1. The van der Waals surface area contributed by atoms with Crippen molar-refractivity contribution in [2.75, 3.05) is 18.4 Å². The van der Waals surface area contributed by atoms with Crippen molar-refractivity contribution in [2.24, 2.45) is 0 Å². The van der Waals surface area contributed by atoms with Gasteiger partial charge < -0.3 is 10.6 Å². The van der Waals surface area contributed by atoms with Gasteiger partial charge in [0.05, 0.1) is 11.9 Å². The zero-order valence-electron chi connectivity index (χ0n) is 11.8. The molecule has 20 heavy (non-hydrogen) atoms. The smallest absolute Gasteiger partial charge is 0.138 e. The minimum absolute atomic E-state index is 0.583. The number of imidazole rings is 1. The maximum Gasteiger partial charge on any atom is 0.138 e. The van der Waals surface area contributed by atoms with Crippen LogP contribution in [-0.4, -0.2) is 33.7 Å². The van der Waals surface area contributed by atoms with Crippen molar-refractivity contribution in [3.63, 3.8) is 0 Å². The van der Waals surface area contributed by atoms with E-state index in [4.69, 9.17) is 0 Å². The minimum Gasteiger partial charge on any atom is -0.382 e. The first kappa shape index (κ1) is 13.1. The van der Waals surface area contributed by atoms with Crippen LogP contribution in [0.15, 0.2) is 30.7 Å². The molecule has 2 aromatic heterocycles. The fourth-order valence-electron chi connectivity index (χ4n) is 2.59. The van der Waals surface area contributed by atoms with Crippen LogP contribution in [0.4, 0.5) is 5.69 Å². The molecule has 0 radical (unpaired) electrons. The van der Waals surface area contributed by atoms with Gasteiger partial charge in [-0.05, 0) is 38.4 Å². The molecule has 0 amide bonds.